The first-order valence-electron chi connectivity index (χ1n) is 9.84. The molecule has 2 N–H and O–H groups in total. The lowest BCUT2D eigenvalue weighted by atomic mass is 9.99. The van der Waals surface area contributed by atoms with E-state index in [-0.39, 0.29) is 12.0 Å². The number of halogens is 1. The summed E-state index contributed by atoms with van der Waals surface area (Å²) >= 11 is 3.35. The van der Waals surface area contributed by atoms with E-state index < -0.39 is 17.9 Å². The standard InChI is InChI=1S/C24H23BrN2O5/c1-14-10-11-26-23(29)21(14)16-6-4-15(5-7-16)12-20(24(30)32-3)27-22(28)18-13-17(31-2)8-9-19(18)25/h4-11,13,20H,12H2,1-3H3,(H,26,29)(H,27,28)/t20-/m0/s1. The van der Waals surface area contributed by atoms with E-state index in [2.05, 4.69) is 26.2 Å². The van der Waals surface area contributed by atoms with Crippen LogP contribution in [0.1, 0.15) is 21.5 Å². The number of hydrogen-bond donors (Lipinski definition) is 2. The third-order valence-electron chi connectivity index (χ3n) is 5.06. The van der Waals surface area contributed by atoms with Crippen molar-refractivity contribution in [2.45, 2.75) is 19.4 Å². The Hall–Kier alpha value is -3.39. The van der Waals surface area contributed by atoms with Gasteiger partial charge in [0.2, 0.25) is 0 Å². The number of aromatic nitrogens is 1. The number of amides is 1. The van der Waals surface area contributed by atoms with E-state index in [1.54, 1.807) is 24.4 Å². The summed E-state index contributed by atoms with van der Waals surface area (Å²) in [5.41, 5.74) is 3.21. The van der Waals surface area contributed by atoms with Crippen LogP contribution in [0.5, 0.6) is 5.75 Å². The molecule has 166 valence electrons. The molecule has 0 spiro atoms. The number of hydrogen-bond acceptors (Lipinski definition) is 5. The summed E-state index contributed by atoms with van der Waals surface area (Å²) in [4.78, 5) is 40.0. The Morgan fingerprint density at radius 2 is 1.81 bits per heavy atom. The SMILES string of the molecule is COC(=O)[C@H](Cc1ccc(-c2c(C)cc[nH]c2=O)cc1)NC(=O)c1cc(OC)ccc1Br. The Balaban J connectivity index is 1.81. The summed E-state index contributed by atoms with van der Waals surface area (Å²) in [5, 5.41) is 2.74. The van der Waals surface area contributed by atoms with Crippen LogP contribution in [0.15, 0.2) is 64.0 Å². The topological polar surface area (TPSA) is 97.5 Å². The highest BCUT2D eigenvalue weighted by atomic mass is 79.9. The lowest BCUT2D eigenvalue weighted by molar-refractivity contribution is -0.142. The van der Waals surface area contributed by atoms with Crippen molar-refractivity contribution in [1.29, 1.82) is 0 Å². The van der Waals surface area contributed by atoms with E-state index in [9.17, 15) is 14.4 Å². The molecule has 1 atom stereocenters. The fourth-order valence-electron chi connectivity index (χ4n) is 3.36. The Bertz CT molecular complexity index is 1190. The third kappa shape index (κ3) is 5.26. The lowest BCUT2D eigenvalue weighted by Crippen LogP contribution is -2.43. The van der Waals surface area contributed by atoms with Gasteiger partial charge in [0.05, 0.1) is 19.8 Å². The van der Waals surface area contributed by atoms with Gasteiger partial charge >= 0.3 is 5.97 Å². The summed E-state index contributed by atoms with van der Waals surface area (Å²) in [6.45, 7) is 1.87. The highest BCUT2D eigenvalue weighted by Crippen LogP contribution is 2.23. The molecule has 7 nitrogen and oxygen atoms in total. The Labute approximate surface area is 193 Å². The minimum Gasteiger partial charge on any atom is -0.497 e. The molecular weight excluding hydrogens is 476 g/mol. The molecule has 0 saturated heterocycles. The maximum atomic E-state index is 12.8. The molecule has 0 fully saturated rings. The molecule has 3 rings (SSSR count). The zero-order valence-corrected chi connectivity index (χ0v) is 19.5. The molecule has 3 aromatic rings. The minimum absolute atomic E-state index is 0.165. The first-order chi connectivity index (χ1) is 15.3. The number of rotatable bonds is 7. The molecule has 0 aliphatic carbocycles. The lowest BCUT2D eigenvalue weighted by Gasteiger charge is -2.18. The highest BCUT2D eigenvalue weighted by molar-refractivity contribution is 9.10. The van der Waals surface area contributed by atoms with Crippen molar-refractivity contribution in [3.63, 3.8) is 0 Å². The van der Waals surface area contributed by atoms with Crippen molar-refractivity contribution in [2.24, 2.45) is 0 Å². The van der Waals surface area contributed by atoms with Crippen molar-refractivity contribution >= 4 is 27.8 Å². The van der Waals surface area contributed by atoms with Crippen LogP contribution < -0.4 is 15.6 Å². The van der Waals surface area contributed by atoms with Crippen molar-refractivity contribution in [3.05, 3.63) is 86.2 Å². The average Bonchev–Trinajstić information content (AvgIpc) is 2.79. The number of aromatic amines is 1. The number of methoxy groups -OCH3 is 2. The molecule has 2 aromatic carbocycles. The van der Waals surface area contributed by atoms with Gasteiger partial charge in [0, 0.05) is 22.7 Å². The molecule has 0 aliphatic rings. The van der Waals surface area contributed by atoms with Crippen LogP contribution in [0.4, 0.5) is 0 Å². The van der Waals surface area contributed by atoms with Crippen LogP contribution in [0.25, 0.3) is 11.1 Å². The van der Waals surface area contributed by atoms with Gasteiger partial charge in [-0.15, -0.1) is 0 Å². The molecule has 1 heterocycles. The Kier molecular flexibility index (Phi) is 7.48. The van der Waals surface area contributed by atoms with Crippen molar-refractivity contribution in [2.75, 3.05) is 14.2 Å². The predicted molar refractivity (Wildman–Crippen MR) is 125 cm³/mol. The van der Waals surface area contributed by atoms with Crippen LogP contribution in [0.3, 0.4) is 0 Å². The third-order valence-corrected chi connectivity index (χ3v) is 5.75. The molecular formula is C24H23BrN2O5. The Morgan fingerprint density at radius 3 is 2.44 bits per heavy atom. The second-order valence-electron chi connectivity index (χ2n) is 7.16. The zero-order chi connectivity index (χ0) is 23.3. The van der Waals surface area contributed by atoms with Gasteiger partial charge in [-0.05, 0) is 63.8 Å². The van der Waals surface area contributed by atoms with Gasteiger partial charge in [0.15, 0.2) is 0 Å². The van der Waals surface area contributed by atoms with E-state index in [0.717, 1.165) is 16.7 Å². The van der Waals surface area contributed by atoms with Crippen LogP contribution in [0, 0.1) is 6.92 Å². The van der Waals surface area contributed by atoms with Crippen LogP contribution in [-0.4, -0.2) is 37.1 Å². The van der Waals surface area contributed by atoms with E-state index in [1.165, 1.54) is 14.2 Å². The first kappa shape index (κ1) is 23.3. The molecule has 8 heteroatoms. The number of carbonyl (C=O) groups is 2. The average molecular weight is 499 g/mol. The Morgan fingerprint density at radius 1 is 1.09 bits per heavy atom. The van der Waals surface area contributed by atoms with Gasteiger partial charge < -0.3 is 19.8 Å². The maximum absolute atomic E-state index is 12.8. The number of benzene rings is 2. The van der Waals surface area contributed by atoms with Gasteiger partial charge in [-0.3, -0.25) is 9.59 Å². The minimum atomic E-state index is -0.890. The number of nitrogens with one attached hydrogen (secondary N) is 2. The van der Waals surface area contributed by atoms with E-state index in [1.807, 2.05) is 37.3 Å². The van der Waals surface area contributed by atoms with Gasteiger partial charge in [-0.2, -0.15) is 0 Å². The number of ether oxygens (including phenoxy) is 2. The van der Waals surface area contributed by atoms with Crippen molar-refractivity contribution in [3.8, 4) is 16.9 Å². The maximum Gasteiger partial charge on any atom is 0.328 e. The van der Waals surface area contributed by atoms with Crippen molar-refractivity contribution < 1.29 is 19.1 Å². The van der Waals surface area contributed by atoms with Crippen molar-refractivity contribution in [1.82, 2.24) is 10.3 Å². The highest BCUT2D eigenvalue weighted by Gasteiger charge is 2.24. The second-order valence-corrected chi connectivity index (χ2v) is 8.02. The fraction of sp³-hybridized carbons (Fsp3) is 0.208. The molecule has 0 aliphatic heterocycles. The van der Waals surface area contributed by atoms with Gasteiger partial charge in [-0.1, -0.05) is 24.3 Å². The molecule has 0 bridgehead atoms. The van der Waals surface area contributed by atoms with Crippen LogP contribution >= 0.6 is 15.9 Å². The molecule has 1 aromatic heterocycles. The van der Waals surface area contributed by atoms with E-state index in [4.69, 9.17) is 9.47 Å². The summed E-state index contributed by atoms with van der Waals surface area (Å²) in [7, 11) is 2.78. The number of H-pyrrole nitrogens is 1. The smallest absolute Gasteiger partial charge is 0.328 e. The number of carbonyl (C=O) groups excluding carboxylic acids is 2. The van der Waals surface area contributed by atoms with Gasteiger partial charge in [0.25, 0.3) is 11.5 Å². The number of esters is 1. The van der Waals surface area contributed by atoms with Gasteiger partial charge in [-0.25, -0.2) is 4.79 Å². The molecule has 0 unspecified atom stereocenters. The quantitative estimate of drug-likeness (QED) is 0.484. The van der Waals surface area contributed by atoms with Crippen LogP contribution in [-0.2, 0) is 16.0 Å². The van der Waals surface area contributed by atoms with E-state index in [0.29, 0.717) is 21.3 Å². The molecule has 1 amide bonds. The molecule has 0 radical (unpaired) electrons. The first-order valence-corrected chi connectivity index (χ1v) is 10.6. The summed E-state index contributed by atoms with van der Waals surface area (Å²) in [5.74, 6) is -0.471. The largest absolute Gasteiger partial charge is 0.497 e. The zero-order valence-electron chi connectivity index (χ0n) is 17.9. The van der Waals surface area contributed by atoms with Gasteiger partial charge in [0.1, 0.15) is 11.8 Å². The normalized spacial score (nSPS) is 11.5. The monoisotopic (exact) mass is 498 g/mol. The summed E-state index contributed by atoms with van der Waals surface area (Å²) in [6, 6.07) is 13.2. The second kappa shape index (κ2) is 10.3. The summed E-state index contributed by atoms with van der Waals surface area (Å²) in [6.07, 6.45) is 1.84. The summed E-state index contributed by atoms with van der Waals surface area (Å²) < 4.78 is 10.6. The van der Waals surface area contributed by atoms with Crippen LogP contribution in [0.2, 0.25) is 0 Å². The number of pyridine rings is 1. The molecule has 0 saturated carbocycles. The predicted octanol–water partition coefficient (Wildman–Crippen LogP) is 3.64. The number of aryl methyl sites for hydroxylation is 1. The fourth-order valence-corrected chi connectivity index (χ4v) is 3.78. The molecule has 32 heavy (non-hydrogen) atoms. The van der Waals surface area contributed by atoms with E-state index >= 15 is 0 Å².